The first-order chi connectivity index (χ1) is 4.72. The maximum Gasteiger partial charge on any atom is 0.0548 e. The molecule has 1 aliphatic carbocycles. The molecule has 1 aliphatic rings. The van der Waals surface area contributed by atoms with Crippen LogP contribution in [0.3, 0.4) is 0 Å². The van der Waals surface area contributed by atoms with Gasteiger partial charge in [-0.25, -0.2) is 0 Å². The Morgan fingerprint density at radius 1 is 1.70 bits per heavy atom. The zero-order valence-electron chi connectivity index (χ0n) is 6.75. The van der Waals surface area contributed by atoms with Gasteiger partial charge < -0.3 is 5.11 Å². The molecule has 1 saturated carbocycles. The highest BCUT2D eigenvalue weighted by Crippen LogP contribution is 2.51. The van der Waals surface area contributed by atoms with E-state index < -0.39 is 0 Å². The van der Waals surface area contributed by atoms with Gasteiger partial charge in [-0.1, -0.05) is 19.4 Å². The van der Waals surface area contributed by atoms with Crippen molar-refractivity contribution in [3.8, 4) is 0 Å². The van der Waals surface area contributed by atoms with Crippen LogP contribution in [0.4, 0.5) is 0 Å². The Kier molecular flexibility index (Phi) is 2.14. The van der Waals surface area contributed by atoms with Gasteiger partial charge in [-0.2, -0.15) is 0 Å². The van der Waals surface area contributed by atoms with Crippen molar-refractivity contribution in [3.05, 3.63) is 12.7 Å². The molecule has 1 rings (SSSR count). The van der Waals surface area contributed by atoms with Crippen LogP contribution in [0.1, 0.15) is 20.3 Å². The summed E-state index contributed by atoms with van der Waals surface area (Å²) < 4.78 is 0. The molecule has 0 aromatic heterocycles. The second-order valence-electron chi connectivity index (χ2n) is 3.20. The lowest BCUT2D eigenvalue weighted by Gasteiger charge is -1.99. The Balaban J connectivity index is 2.43. The SMILES string of the molecule is C=C[C@@H]1[C@H](CC)[C@H]1[C@H](C)O. The van der Waals surface area contributed by atoms with E-state index in [0.717, 1.165) is 0 Å². The molecular formula is C9H16O. The summed E-state index contributed by atoms with van der Waals surface area (Å²) in [5, 5.41) is 9.25. The monoisotopic (exact) mass is 140 g/mol. The first-order valence-electron chi connectivity index (χ1n) is 4.03. The lowest BCUT2D eigenvalue weighted by molar-refractivity contribution is 0.161. The first-order valence-corrected chi connectivity index (χ1v) is 4.03. The Labute approximate surface area is 62.8 Å². The van der Waals surface area contributed by atoms with Crippen LogP contribution in [0.5, 0.6) is 0 Å². The molecule has 0 unspecified atom stereocenters. The number of aliphatic hydroxyl groups excluding tert-OH is 1. The molecule has 10 heavy (non-hydrogen) atoms. The zero-order valence-corrected chi connectivity index (χ0v) is 6.75. The smallest absolute Gasteiger partial charge is 0.0548 e. The Hall–Kier alpha value is -0.300. The molecule has 0 spiro atoms. The van der Waals surface area contributed by atoms with E-state index in [-0.39, 0.29) is 6.10 Å². The second kappa shape index (κ2) is 2.75. The maximum absolute atomic E-state index is 9.25. The van der Waals surface area contributed by atoms with E-state index >= 15 is 0 Å². The minimum absolute atomic E-state index is 0.145. The van der Waals surface area contributed by atoms with Crippen molar-refractivity contribution in [3.63, 3.8) is 0 Å². The van der Waals surface area contributed by atoms with Crippen molar-refractivity contribution in [1.29, 1.82) is 0 Å². The molecule has 0 amide bonds. The number of hydrogen-bond donors (Lipinski definition) is 1. The van der Waals surface area contributed by atoms with Gasteiger partial charge >= 0.3 is 0 Å². The predicted octanol–water partition coefficient (Wildman–Crippen LogP) is 1.83. The molecule has 4 atom stereocenters. The van der Waals surface area contributed by atoms with Crippen molar-refractivity contribution in [2.24, 2.45) is 17.8 Å². The van der Waals surface area contributed by atoms with Gasteiger partial charge in [0.2, 0.25) is 0 Å². The number of rotatable bonds is 3. The highest BCUT2D eigenvalue weighted by molar-refractivity contribution is 5.07. The highest BCUT2D eigenvalue weighted by Gasteiger charge is 2.48. The lowest BCUT2D eigenvalue weighted by atomic mass is 10.2. The fraction of sp³-hybridized carbons (Fsp3) is 0.778. The van der Waals surface area contributed by atoms with Gasteiger partial charge in [0.1, 0.15) is 0 Å². The fourth-order valence-electron chi connectivity index (χ4n) is 1.98. The van der Waals surface area contributed by atoms with Crippen molar-refractivity contribution in [1.82, 2.24) is 0 Å². The van der Waals surface area contributed by atoms with Crippen LogP contribution in [0.2, 0.25) is 0 Å². The van der Waals surface area contributed by atoms with E-state index in [9.17, 15) is 5.11 Å². The van der Waals surface area contributed by atoms with Gasteiger partial charge in [0.05, 0.1) is 6.10 Å². The largest absolute Gasteiger partial charge is 0.393 e. The minimum Gasteiger partial charge on any atom is -0.393 e. The second-order valence-corrected chi connectivity index (χ2v) is 3.20. The molecule has 1 nitrogen and oxygen atoms in total. The average molecular weight is 140 g/mol. The first kappa shape index (κ1) is 7.80. The molecule has 1 fully saturated rings. The van der Waals surface area contributed by atoms with Crippen molar-refractivity contribution in [2.45, 2.75) is 26.4 Å². The van der Waals surface area contributed by atoms with Gasteiger partial charge in [-0.05, 0) is 24.7 Å². The molecule has 0 aromatic carbocycles. The maximum atomic E-state index is 9.25. The highest BCUT2D eigenvalue weighted by atomic mass is 16.3. The van der Waals surface area contributed by atoms with Crippen molar-refractivity contribution >= 4 is 0 Å². The van der Waals surface area contributed by atoms with E-state index in [2.05, 4.69) is 13.5 Å². The summed E-state index contributed by atoms with van der Waals surface area (Å²) in [7, 11) is 0. The van der Waals surface area contributed by atoms with E-state index in [1.54, 1.807) is 0 Å². The van der Waals surface area contributed by atoms with E-state index in [4.69, 9.17) is 0 Å². The van der Waals surface area contributed by atoms with Crippen LogP contribution in [0.15, 0.2) is 12.7 Å². The van der Waals surface area contributed by atoms with Crippen molar-refractivity contribution < 1.29 is 5.11 Å². The van der Waals surface area contributed by atoms with Crippen molar-refractivity contribution in [2.75, 3.05) is 0 Å². The molecule has 58 valence electrons. The number of hydrogen-bond acceptors (Lipinski definition) is 1. The third-order valence-corrected chi connectivity index (χ3v) is 2.59. The summed E-state index contributed by atoms with van der Waals surface area (Å²) in [6.45, 7) is 7.78. The van der Waals surface area contributed by atoms with E-state index in [0.29, 0.717) is 17.8 Å². The Morgan fingerprint density at radius 2 is 2.30 bits per heavy atom. The third-order valence-electron chi connectivity index (χ3n) is 2.59. The molecule has 0 bridgehead atoms. The van der Waals surface area contributed by atoms with E-state index in [1.807, 2.05) is 13.0 Å². The summed E-state index contributed by atoms with van der Waals surface area (Å²) in [6.07, 6.45) is 3.01. The molecule has 0 saturated heterocycles. The van der Waals surface area contributed by atoms with Crippen LogP contribution in [-0.4, -0.2) is 11.2 Å². The molecule has 0 radical (unpaired) electrons. The number of aliphatic hydroxyl groups is 1. The minimum atomic E-state index is -0.145. The molecule has 0 aromatic rings. The van der Waals surface area contributed by atoms with Crippen LogP contribution in [-0.2, 0) is 0 Å². The predicted molar refractivity (Wildman–Crippen MR) is 42.6 cm³/mol. The zero-order chi connectivity index (χ0) is 7.72. The average Bonchev–Trinajstić information content (AvgIpc) is 2.60. The molecular weight excluding hydrogens is 124 g/mol. The van der Waals surface area contributed by atoms with Gasteiger partial charge in [0.25, 0.3) is 0 Å². The number of allylic oxidation sites excluding steroid dienone is 1. The normalized spacial score (nSPS) is 40.9. The Bertz CT molecular complexity index is 129. The summed E-state index contributed by atoms with van der Waals surface area (Å²) in [4.78, 5) is 0. The molecule has 1 heteroatoms. The van der Waals surface area contributed by atoms with E-state index in [1.165, 1.54) is 6.42 Å². The topological polar surface area (TPSA) is 20.2 Å². The van der Waals surface area contributed by atoms with Crippen LogP contribution in [0.25, 0.3) is 0 Å². The standard InChI is InChI=1S/C9H16O/c1-4-7-8(5-2)9(7)6(3)10/h4,6-10H,1,5H2,2-3H3/t6-,7+,8-,9-/m0/s1. The van der Waals surface area contributed by atoms with Gasteiger partial charge in [-0.15, -0.1) is 6.58 Å². The summed E-state index contributed by atoms with van der Waals surface area (Å²) >= 11 is 0. The summed E-state index contributed by atoms with van der Waals surface area (Å²) in [6, 6.07) is 0. The fourth-order valence-corrected chi connectivity index (χ4v) is 1.98. The van der Waals surface area contributed by atoms with Gasteiger partial charge in [-0.3, -0.25) is 0 Å². The summed E-state index contributed by atoms with van der Waals surface area (Å²) in [5.74, 6) is 1.80. The Morgan fingerprint density at radius 3 is 2.40 bits per heavy atom. The quantitative estimate of drug-likeness (QED) is 0.593. The van der Waals surface area contributed by atoms with Crippen LogP contribution >= 0.6 is 0 Å². The lowest BCUT2D eigenvalue weighted by Crippen LogP contribution is -2.04. The third kappa shape index (κ3) is 1.10. The molecule has 1 N–H and O–H groups in total. The van der Waals surface area contributed by atoms with Gasteiger partial charge in [0.15, 0.2) is 0 Å². The molecule has 0 heterocycles. The summed E-state index contributed by atoms with van der Waals surface area (Å²) in [5.41, 5.74) is 0. The van der Waals surface area contributed by atoms with Crippen LogP contribution in [0, 0.1) is 17.8 Å². The molecule has 0 aliphatic heterocycles. The van der Waals surface area contributed by atoms with Crippen LogP contribution < -0.4 is 0 Å². The van der Waals surface area contributed by atoms with Gasteiger partial charge in [0, 0.05) is 0 Å².